The second kappa shape index (κ2) is 17.6. The minimum atomic E-state index is -0.330. The number of benzene rings is 2. The van der Waals surface area contributed by atoms with Gasteiger partial charge in [0.1, 0.15) is 5.75 Å². The van der Waals surface area contributed by atoms with Crippen molar-refractivity contribution in [3.8, 4) is 5.75 Å². The standard InChI is InChI=1S/C30H43NO5/c1-4-6-7-12-23-36-28-14-9-8-13-26(28)20-22-31(21-11-10-15-29(32)35-5-2)24-25-16-18-27(19-17-25)30(33)34-3/h8-9,13-14,16-19H,4-7,10-12,15,20-24H2,1-3H3. The van der Waals surface area contributed by atoms with E-state index >= 15 is 0 Å². The average Bonchev–Trinajstić information content (AvgIpc) is 2.90. The molecule has 0 amide bonds. The van der Waals surface area contributed by atoms with E-state index in [-0.39, 0.29) is 11.9 Å². The number of nitrogens with zero attached hydrogens (tertiary/aromatic N) is 1. The maximum absolute atomic E-state index is 11.8. The van der Waals surface area contributed by atoms with Gasteiger partial charge in [0, 0.05) is 19.5 Å². The molecule has 2 rings (SSSR count). The molecule has 0 radical (unpaired) electrons. The van der Waals surface area contributed by atoms with Crippen LogP contribution in [-0.4, -0.2) is 50.3 Å². The van der Waals surface area contributed by atoms with Gasteiger partial charge in [0.15, 0.2) is 0 Å². The van der Waals surface area contributed by atoms with Gasteiger partial charge in [-0.25, -0.2) is 4.79 Å². The molecule has 0 atom stereocenters. The van der Waals surface area contributed by atoms with E-state index in [2.05, 4.69) is 30.0 Å². The number of rotatable bonds is 18. The highest BCUT2D eigenvalue weighted by Gasteiger charge is 2.12. The predicted octanol–water partition coefficient (Wildman–Crippen LogP) is 6.21. The first-order valence-electron chi connectivity index (χ1n) is 13.3. The molecule has 0 spiro atoms. The van der Waals surface area contributed by atoms with Gasteiger partial charge in [0.05, 0.1) is 25.9 Å². The van der Waals surface area contributed by atoms with Gasteiger partial charge in [-0.3, -0.25) is 9.69 Å². The molecule has 0 aliphatic heterocycles. The van der Waals surface area contributed by atoms with Crippen LogP contribution in [0, 0.1) is 0 Å². The molecule has 0 saturated carbocycles. The van der Waals surface area contributed by atoms with Crippen molar-refractivity contribution in [2.24, 2.45) is 0 Å². The Kier molecular flexibility index (Phi) is 14.3. The normalized spacial score (nSPS) is 10.9. The van der Waals surface area contributed by atoms with E-state index < -0.39 is 0 Å². The lowest BCUT2D eigenvalue weighted by Gasteiger charge is -2.23. The van der Waals surface area contributed by atoms with E-state index in [0.29, 0.717) is 18.6 Å². The molecule has 0 unspecified atom stereocenters. The smallest absolute Gasteiger partial charge is 0.337 e. The van der Waals surface area contributed by atoms with Gasteiger partial charge < -0.3 is 14.2 Å². The molecule has 198 valence electrons. The molecular weight excluding hydrogens is 454 g/mol. The number of para-hydroxylation sites is 1. The van der Waals surface area contributed by atoms with Crippen LogP contribution in [0.2, 0.25) is 0 Å². The molecule has 0 N–H and O–H groups in total. The molecule has 0 aromatic heterocycles. The van der Waals surface area contributed by atoms with Gasteiger partial charge in [0.25, 0.3) is 0 Å². The second-order valence-corrected chi connectivity index (χ2v) is 8.99. The van der Waals surface area contributed by atoms with Gasteiger partial charge in [0.2, 0.25) is 0 Å². The van der Waals surface area contributed by atoms with Crippen LogP contribution < -0.4 is 4.74 Å². The Hall–Kier alpha value is -2.86. The third-order valence-electron chi connectivity index (χ3n) is 6.12. The first-order valence-corrected chi connectivity index (χ1v) is 13.3. The maximum Gasteiger partial charge on any atom is 0.337 e. The SMILES string of the molecule is CCCCCCOc1ccccc1CCN(CCCCC(=O)OCC)Cc1ccc(C(=O)OC)cc1. The summed E-state index contributed by atoms with van der Waals surface area (Å²) in [5, 5.41) is 0. The first kappa shape index (κ1) is 29.4. The molecule has 2 aromatic rings. The fourth-order valence-electron chi connectivity index (χ4n) is 4.07. The van der Waals surface area contributed by atoms with Crippen LogP contribution in [0.1, 0.15) is 80.3 Å². The fourth-order valence-corrected chi connectivity index (χ4v) is 4.07. The minimum absolute atomic E-state index is 0.132. The summed E-state index contributed by atoms with van der Waals surface area (Å²) in [6.07, 6.45) is 7.79. The Bertz CT molecular complexity index is 896. The fraction of sp³-hybridized carbons (Fsp3) is 0.533. The second-order valence-electron chi connectivity index (χ2n) is 8.99. The minimum Gasteiger partial charge on any atom is -0.493 e. The topological polar surface area (TPSA) is 65.1 Å². The van der Waals surface area contributed by atoms with E-state index in [9.17, 15) is 9.59 Å². The van der Waals surface area contributed by atoms with Crippen molar-refractivity contribution in [1.82, 2.24) is 4.90 Å². The van der Waals surface area contributed by atoms with Crippen molar-refractivity contribution in [1.29, 1.82) is 0 Å². The first-order chi connectivity index (χ1) is 17.6. The number of unbranched alkanes of at least 4 members (excludes halogenated alkanes) is 4. The highest BCUT2D eigenvalue weighted by atomic mass is 16.5. The van der Waals surface area contributed by atoms with E-state index in [0.717, 1.165) is 63.2 Å². The molecule has 36 heavy (non-hydrogen) atoms. The summed E-state index contributed by atoms with van der Waals surface area (Å²) >= 11 is 0. The summed E-state index contributed by atoms with van der Waals surface area (Å²) in [7, 11) is 1.39. The quantitative estimate of drug-likeness (QED) is 0.180. The number of carbonyl (C=O) groups excluding carboxylic acids is 2. The van der Waals surface area contributed by atoms with Crippen molar-refractivity contribution in [3.05, 3.63) is 65.2 Å². The van der Waals surface area contributed by atoms with E-state index in [1.165, 1.54) is 31.9 Å². The summed E-state index contributed by atoms with van der Waals surface area (Å²) in [5.74, 6) is 0.509. The number of ether oxygens (including phenoxy) is 3. The van der Waals surface area contributed by atoms with Crippen LogP contribution >= 0.6 is 0 Å². The van der Waals surface area contributed by atoms with Crippen molar-refractivity contribution < 1.29 is 23.8 Å². The van der Waals surface area contributed by atoms with Crippen molar-refractivity contribution in [2.75, 3.05) is 33.4 Å². The highest BCUT2D eigenvalue weighted by Crippen LogP contribution is 2.20. The lowest BCUT2D eigenvalue weighted by atomic mass is 10.1. The van der Waals surface area contributed by atoms with Crippen molar-refractivity contribution in [3.63, 3.8) is 0 Å². The molecule has 0 fully saturated rings. The third-order valence-corrected chi connectivity index (χ3v) is 6.12. The summed E-state index contributed by atoms with van der Waals surface area (Å²) < 4.78 is 16.0. The predicted molar refractivity (Wildman–Crippen MR) is 143 cm³/mol. The molecule has 0 heterocycles. The largest absolute Gasteiger partial charge is 0.493 e. The third kappa shape index (κ3) is 11.3. The van der Waals surface area contributed by atoms with Gasteiger partial charge in [-0.15, -0.1) is 0 Å². The summed E-state index contributed by atoms with van der Waals surface area (Å²) in [4.78, 5) is 25.9. The van der Waals surface area contributed by atoms with Crippen LogP contribution in [0.4, 0.5) is 0 Å². The van der Waals surface area contributed by atoms with E-state index in [1.54, 1.807) is 0 Å². The zero-order valence-electron chi connectivity index (χ0n) is 22.3. The maximum atomic E-state index is 11.8. The Morgan fingerprint density at radius 2 is 1.64 bits per heavy atom. The number of carbonyl (C=O) groups is 2. The monoisotopic (exact) mass is 497 g/mol. The Balaban J connectivity index is 1.98. The summed E-state index contributed by atoms with van der Waals surface area (Å²) in [6, 6.07) is 15.9. The Morgan fingerprint density at radius 3 is 2.36 bits per heavy atom. The van der Waals surface area contributed by atoms with E-state index in [4.69, 9.17) is 14.2 Å². The summed E-state index contributed by atoms with van der Waals surface area (Å²) in [5.41, 5.74) is 2.89. The lowest BCUT2D eigenvalue weighted by Crippen LogP contribution is -2.27. The van der Waals surface area contributed by atoms with Crippen LogP contribution in [0.15, 0.2) is 48.5 Å². The van der Waals surface area contributed by atoms with E-state index in [1.807, 2.05) is 37.3 Å². The summed E-state index contributed by atoms with van der Waals surface area (Å²) in [6.45, 7) is 7.73. The Morgan fingerprint density at radius 1 is 0.861 bits per heavy atom. The van der Waals surface area contributed by atoms with Crippen molar-refractivity contribution in [2.45, 2.75) is 71.8 Å². The van der Waals surface area contributed by atoms with Gasteiger partial charge in [-0.2, -0.15) is 0 Å². The van der Waals surface area contributed by atoms with Gasteiger partial charge in [-0.1, -0.05) is 56.5 Å². The average molecular weight is 498 g/mol. The number of hydrogen-bond acceptors (Lipinski definition) is 6. The van der Waals surface area contributed by atoms with Gasteiger partial charge in [-0.05, 0) is 68.5 Å². The highest BCUT2D eigenvalue weighted by molar-refractivity contribution is 5.89. The Labute approximate surface area is 216 Å². The number of methoxy groups -OCH3 is 1. The molecular formula is C30H43NO5. The number of esters is 2. The van der Waals surface area contributed by atoms with Crippen molar-refractivity contribution >= 4 is 11.9 Å². The molecule has 0 bridgehead atoms. The number of hydrogen-bond donors (Lipinski definition) is 0. The van der Waals surface area contributed by atoms with Crippen LogP contribution in [0.25, 0.3) is 0 Å². The molecule has 0 saturated heterocycles. The molecule has 0 aliphatic rings. The lowest BCUT2D eigenvalue weighted by molar-refractivity contribution is -0.143. The zero-order valence-corrected chi connectivity index (χ0v) is 22.3. The van der Waals surface area contributed by atoms with Crippen LogP contribution in [-0.2, 0) is 27.2 Å². The molecule has 2 aromatic carbocycles. The van der Waals surface area contributed by atoms with Crippen LogP contribution in [0.5, 0.6) is 5.75 Å². The molecule has 6 heteroatoms. The van der Waals surface area contributed by atoms with Gasteiger partial charge >= 0.3 is 11.9 Å². The molecule has 6 nitrogen and oxygen atoms in total. The van der Waals surface area contributed by atoms with Crippen LogP contribution in [0.3, 0.4) is 0 Å². The zero-order chi connectivity index (χ0) is 26.0. The molecule has 0 aliphatic carbocycles.